The fourth-order valence-corrected chi connectivity index (χ4v) is 4.11. The number of nitrogens with zero attached hydrogens (tertiary/aromatic N) is 2. The molecule has 2 aromatic rings. The molecule has 0 aliphatic carbocycles. The third kappa shape index (κ3) is 7.40. The van der Waals surface area contributed by atoms with Gasteiger partial charge >= 0.3 is 0 Å². The minimum Gasteiger partial charge on any atom is -0.496 e. The lowest BCUT2D eigenvalue weighted by Crippen LogP contribution is -2.47. The van der Waals surface area contributed by atoms with Gasteiger partial charge in [0.1, 0.15) is 11.5 Å². The fraction of sp³-hybridized carbons (Fsp3) is 0.458. The molecule has 0 saturated carbocycles. The molecule has 7 nitrogen and oxygen atoms in total. The maximum atomic E-state index is 12.8. The van der Waals surface area contributed by atoms with Gasteiger partial charge in [-0.1, -0.05) is 23.2 Å². The second kappa shape index (κ2) is 12.3. The lowest BCUT2D eigenvalue weighted by molar-refractivity contribution is -0.0274. The number of anilines is 1. The summed E-state index contributed by atoms with van der Waals surface area (Å²) in [7, 11) is 5.31. The van der Waals surface area contributed by atoms with Crippen LogP contribution in [0, 0.1) is 0 Å². The zero-order valence-electron chi connectivity index (χ0n) is 19.3. The van der Waals surface area contributed by atoms with Crippen LogP contribution in [0.1, 0.15) is 16.8 Å². The lowest BCUT2D eigenvalue weighted by Gasteiger charge is -2.33. The molecule has 1 unspecified atom stereocenters. The molecule has 33 heavy (non-hydrogen) atoms. The van der Waals surface area contributed by atoms with Gasteiger partial charge in [-0.2, -0.15) is 0 Å². The summed E-state index contributed by atoms with van der Waals surface area (Å²) < 4.78 is 17.0. The van der Waals surface area contributed by atoms with Gasteiger partial charge in [0.25, 0.3) is 5.91 Å². The molecule has 1 atom stereocenters. The second-order valence-electron chi connectivity index (χ2n) is 8.06. The van der Waals surface area contributed by atoms with E-state index < -0.39 is 0 Å². The molecular weight excluding hydrogens is 465 g/mol. The fourth-order valence-electron chi connectivity index (χ4n) is 3.65. The molecule has 1 saturated heterocycles. The van der Waals surface area contributed by atoms with Crippen molar-refractivity contribution >= 4 is 34.8 Å². The zero-order chi connectivity index (χ0) is 23.8. The van der Waals surface area contributed by atoms with E-state index in [-0.39, 0.29) is 12.0 Å². The van der Waals surface area contributed by atoms with Crippen molar-refractivity contribution in [1.29, 1.82) is 0 Å². The SMILES string of the molecule is COc1cc(N(C)C)c(Cl)cc1C(=O)NCC1CN(CCCOc2ccc(Cl)cc2)CCO1. The van der Waals surface area contributed by atoms with E-state index in [0.29, 0.717) is 41.1 Å². The number of morpholine rings is 1. The highest BCUT2D eigenvalue weighted by atomic mass is 35.5. The average Bonchev–Trinajstić information content (AvgIpc) is 2.81. The standard InChI is InChI=1S/C24H31Cl2N3O4/c1-28(2)22-14-23(31-3)20(13-21(22)26)24(30)27-15-19-16-29(10-12-33-19)9-4-11-32-18-7-5-17(25)6-8-18/h5-8,13-14,19H,4,9-12,15-16H2,1-3H3,(H,27,30). The van der Waals surface area contributed by atoms with Crippen LogP contribution in [0.25, 0.3) is 0 Å². The predicted octanol–water partition coefficient (Wildman–Crippen LogP) is 3.97. The van der Waals surface area contributed by atoms with Crippen molar-refractivity contribution in [1.82, 2.24) is 10.2 Å². The lowest BCUT2D eigenvalue weighted by atomic mass is 10.1. The van der Waals surface area contributed by atoms with Gasteiger partial charge in [-0.3, -0.25) is 9.69 Å². The summed E-state index contributed by atoms with van der Waals surface area (Å²) in [5, 5.41) is 4.14. The number of hydrogen-bond acceptors (Lipinski definition) is 6. The Bertz CT molecular complexity index is 925. The smallest absolute Gasteiger partial charge is 0.255 e. The van der Waals surface area contributed by atoms with Crippen LogP contribution in [0.15, 0.2) is 36.4 Å². The van der Waals surface area contributed by atoms with E-state index in [9.17, 15) is 4.79 Å². The van der Waals surface area contributed by atoms with Crippen molar-refractivity contribution in [3.05, 3.63) is 52.0 Å². The Kier molecular flexibility index (Phi) is 9.50. The summed E-state index contributed by atoms with van der Waals surface area (Å²) in [4.78, 5) is 17.0. The quantitative estimate of drug-likeness (QED) is 0.503. The number of rotatable bonds is 10. The number of carbonyl (C=O) groups excluding carboxylic acids is 1. The molecule has 1 amide bonds. The number of carbonyl (C=O) groups is 1. The first-order chi connectivity index (χ1) is 15.9. The van der Waals surface area contributed by atoms with Crippen LogP contribution in [0.2, 0.25) is 10.0 Å². The van der Waals surface area contributed by atoms with Crippen LogP contribution >= 0.6 is 23.2 Å². The van der Waals surface area contributed by atoms with Gasteiger partial charge in [-0.15, -0.1) is 0 Å². The summed E-state index contributed by atoms with van der Waals surface area (Å²) in [5.74, 6) is 1.06. The normalized spacial score (nSPS) is 16.3. The van der Waals surface area contributed by atoms with Gasteiger partial charge in [0, 0.05) is 51.4 Å². The average molecular weight is 496 g/mol. The Morgan fingerprint density at radius 1 is 1.24 bits per heavy atom. The predicted molar refractivity (Wildman–Crippen MR) is 132 cm³/mol. The van der Waals surface area contributed by atoms with E-state index in [1.54, 1.807) is 12.1 Å². The molecule has 0 spiro atoms. The van der Waals surface area contributed by atoms with Gasteiger partial charge in [0.05, 0.1) is 42.7 Å². The first kappa shape index (κ1) is 25.4. The number of hydrogen-bond donors (Lipinski definition) is 1. The Morgan fingerprint density at radius 3 is 2.70 bits per heavy atom. The molecule has 180 valence electrons. The van der Waals surface area contributed by atoms with Crippen LogP contribution in [-0.4, -0.2) is 77.5 Å². The van der Waals surface area contributed by atoms with E-state index in [1.165, 1.54) is 7.11 Å². The van der Waals surface area contributed by atoms with Crippen molar-refractivity contribution in [2.24, 2.45) is 0 Å². The Morgan fingerprint density at radius 2 is 2.00 bits per heavy atom. The van der Waals surface area contributed by atoms with E-state index in [1.807, 2.05) is 43.3 Å². The molecule has 2 aromatic carbocycles. The number of methoxy groups -OCH3 is 1. The molecule has 1 N–H and O–H groups in total. The number of benzene rings is 2. The summed E-state index contributed by atoms with van der Waals surface area (Å²) in [5.41, 5.74) is 1.19. The number of amides is 1. The van der Waals surface area contributed by atoms with Crippen molar-refractivity contribution in [3.8, 4) is 11.5 Å². The van der Waals surface area contributed by atoms with Crippen LogP contribution < -0.4 is 19.7 Å². The Hall–Kier alpha value is -2.19. The molecular formula is C24H31Cl2N3O4. The monoisotopic (exact) mass is 495 g/mol. The van der Waals surface area contributed by atoms with Gasteiger partial charge in [-0.05, 0) is 36.8 Å². The van der Waals surface area contributed by atoms with E-state index >= 15 is 0 Å². The largest absolute Gasteiger partial charge is 0.496 e. The first-order valence-electron chi connectivity index (χ1n) is 10.9. The number of nitrogens with one attached hydrogen (secondary N) is 1. The van der Waals surface area contributed by atoms with Crippen LogP contribution in [-0.2, 0) is 4.74 Å². The second-order valence-corrected chi connectivity index (χ2v) is 8.90. The molecule has 0 radical (unpaired) electrons. The molecule has 0 aromatic heterocycles. The molecule has 1 heterocycles. The van der Waals surface area contributed by atoms with Gasteiger partial charge in [0.15, 0.2) is 0 Å². The molecule has 1 fully saturated rings. The first-order valence-corrected chi connectivity index (χ1v) is 11.7. The van der Waals surface area contributed by atoms with Gasteiger partial charge in [0.2, 0.25) is 0 Å². The molecule has 1 aliphatic rings. The van der Waals surface area contributed by atoms with Gasteiger partial charge in [-0.25, -0.2) is 0 Å². The maximum Gasteiger partial charge on any atom is 0.255 e. The van der Waals surface area contributed by atoms with E-state index in [0.717, 1.165) is 37.5 Å². The van der Waals surface area contributed by atoms with E-state index in [4.69, 9.17) is 37.4 Å². The van der Waals surface area contributed by atoms with Crippen LogP contribution in [0.4, 0.5) is 5.69 Å². The number of halogens is 2. The molecule has 3 rings (SSSR count). The van der Waals surface area contributed by atoms with Crippen molar-refractivity contribution in [3.63, 3.8) is 0 Å². The molecule has 9 heteroatoms. The molecule has 1 aliphatic heterocycles. The summed E-state index contributed by atoms with van der Waals surface area (Å²) >= 11 is 12.2. The molecule has 0 bridgehead atoms. The van der Waals surface area contributed by atoms with Crippen molar-refractivity contribution < 1.29 is 19.0 Å². The minimum absolute atomic E-state index is 0.0811. The zero-order valence-corrected chi connectivity index (χ0v) is 20.8. The van der Waals surface area contributed by atoms with Crippen LogP contribution in [0.5, 0.6) is 11.5 Å². The third-order valence-corrected chi connectivity index (χ3v) is 5.96. The third-order valence-electron chi connectivity index (χ3n) is 5.41. The summed E-state index contributed by atoms with van der Waals surface area (Å²) in [6.45, 7) is 4.18. The summed E-state index contributed by atoms with van der Waals surface area (Å²) in [6, 6.07) is 10.8. The summed E-state index contributed by atoms with van der Waals surface area (Å²) in [6.07, 6.45) is 0.817. The van der Waals surface area contributed by atoms with Crippen molar-refractivity contribution in [2.75, 3.05) is 65.5 Å². The highest BCUT2D eigenvalue weighted by molar-refractivity contribution is 6.33. The maximum absolute atomic E-state index is 12.8. The van der Waals surface area contributed by atoms with E-state index in [2.05, 4.69) is 10.2 Å². The Labute approximate surface area is 205 Å². The minimum atomic E-state index is -0.240. The van der Waals surface area contributed by atoms with Crippen LogP contribution in [0.3, 0.4) is 0 Å². The number of ether oxygens (including phenoxy) is 3. The Balaban J connectivity index is 1.45. The highest BCUT2D eigenvalue weighted by Gasteiger charge is 2.22. The topological polar surface area (TPSA) is 63.3 Å². The van der Waals surface area contributed by atoms with Crippen molar-refractivity contribution in [2.45, 2.75) is 12.5 Å². The highest BCUT2D eigenvalue weighted by Crippen LogP contribution is 2.32. The van der Waals surface area contributed by atoms with Gasteiger partial charge < -0.3 is 24.4 Å².